The molecule has 0 aromatic carbocycles. The first-order chi connectivity index (χ1) is 9.29. The molecular weight excluding hydrogens is 258 g/mol. The monoisotopic (exact) mass is 283 g/mol. The summed E-state index contributed by atoms with van der Waals surface area (Å²) in [6.07, 6.45) is 0.388. The Morgan fingerprint density at radius 1 is 1.20 bits per heavy atom. The number of aromatic hydroxyl groups is 1. The molecule has 2 N–H and O–H groups in total. The molecule has 6 nitrogen and oxygen atoms in total. The zero-order valence-corrected chi connectivity index (χ0v) is 12.9. The van der Waals surface area contributed by atoms with Gasteiger partial charge in [0, 0.05) is 25.2 Å². The van der Waals surface area contributed by atoms with Crippen LogP contribution in [0.5, 0.6) is 5.88 Å². The molecule has 0 radical (unpaired) electrons. The molecule has 1 aromatic heterocycles. The molecule has 6 heteroatoms. The van der Waals surface area contributed by atoms with Crippen LogP contribution >= 0.6 is 0 Å². The Morgan fingerprint density at radius 3 is 2.20 bits per heavy atom. The van der Waals surface area contributed by atoms with E-state index < -0.39 is 11.2 Å². The van der Waals surface area contributed by atoms with Crippen molar-refractivity contribution in [2.45, 2.75) is 59.7 Å². The van der Waals surface area contributed by atoms with E-state index in [0.29, 0.717) is 31.6 Å². The van der Waals surface area contributed by atoms with Gasteiger partial charge in [0.1, 0.15) is 0 Å². The first kappa shape index (κ1) is 16.5. The van der Waals surface area contributed by atoms with Crippen molar-refractivity contribution in [3.63, 3.8) is 0 Å². The van der Waals surface area contributed by atoms with Gasteiger partial charge in [-0.25, -0.2) is 4.79 Å². The van der Waals surface area contributed by atoms with Crippen LogP contribution in [0.2, 0.25) is 0 Å². The van der Waals surface area contributed by atoms with Crippen molar-refractivity contribution in [1.29, 1.82) is 0 Å². The molecule has 1 heterocycles. The maximum Gasteiger partial charge on any atom is 0.331 e. The lowest BCUT2D eigenvalue weighted by atomic mass is 10.2. The average molecular weight is 283 g/mol. The zero-order valence-electron chi connectivity index (χ0n) is 12.9. The molecule has 1 rings (SSSR count). The molecule has 1 aromatic rings. The largest absolute Gasteiger partial charge is 0.494 e. The molecule has 0 bridgehead atoms. The Kier molecular flexibility index (Phi) is 5.56. The number of hydrogen-bond donors (Lipinski definition) is 2. The molecular formula is C14H25N3O3. The molecule has 0 saturated carbocycles. The highest BCUT2D eigenvalue weighted by molar-refractivity contribution is 5.22. The predicted molar refractivity (Wildman–Crippen MR) is 79.3 cm³/mol. The number of aromatic nitrogens is 2. The van der Waals surface area contributed by atoms with E-state index in [1.54, 1.807) is 6.92 Å². The highest BCUT2D eigenvalue weighted by Gasteiger charge is 2.16. The number of rotatable bonds is 6. The summed E-state index contributed by atoms with van der Waals surface area (Å²) >= 11 is 0. The summed E-state index contributed by atoms with van der Waals surface area (Å²) in [5.74, 6) is -0.214. The number of nitrogens with one attached hydrogen (secondary N) is 1. The van der Waals surface area contributed by atoms with Crippen LogP contribution in [0, 0.1) is 0 Å². The molecule has 0 fully saturated rings. The predicted octanol–water partition coefficient (Wildman–Crippen LogP) is 0.923. The van der Waals surface area contributed by atoms with Gasteiger partial charge in [-0.1, -0.05) is 6.92 Å². The van der Waals surface area contributed by atoms with Gasteiger partial charge in [0.2, 0.25) is 5.88 Å². The molecule has 0 atom stereocenters. The summed E-state index contributed by atoms with van der Waals surface area (Å²) < 4.78 is 1.23. The fourth-order valence-corrected chi connectivity index (χ4v) is 2.45. The zero-order chi connectivity index (χ0) is 15.4. The van der Waals surface area contributed by atoms with Gasteiger partial charge in [-0.15, -0.1) is 0 Å². The van der Waals surface area contributed by atoms with E-state index in [0.717, 1.165) is 0 Å². The lowest BCUT2D eigenvalue weighted by Crippen LogP contribution is -2.41. The highest BCUT2D eigenvalue weighted by atomic mass is 16.3. The minimum Gasteiger partial charge on any atom is -0.494 e. The minimum atomic E-state index is -0.558. The molecule has 0 saturated heterocycles. The fourth-order valence-electron chi connectivity index (χ4n) is 2.45. The standard InChI is InChI=1S/C14H25N3O3/c1-6-11-12(18)15-14(20)17(13(11)19)8-7-16(9(2)3)10(4)5/h9-10,19H,6-8H2,1-5H3,(H,15,18,20). The van der Waals surface area contributed by atoms with Crippen molar-refractivity contribution in [3.8, 4) is 5.88 Å². The van der Waals surface area contributed by atoms with Gasteiger partial charge < -0.3 is 5.11 Å². The molecule has 0 aliphatic rings. The second kappa shape index (κ2) is 6.74. The van der Waals surface area contributed by atoms with Crippen molar-refractivity contribution in [2.75, 3.05) is 6.54 Å². The summed E-state index contributed by atoms with van der Waals surface area (Å²) in [5.41, 5.74) is -0.807. The maximum absolute atomic E-state index is 11.8. The van der Waals surface area contributed by atoms with Gasteiger partial charge in [0.15, 0.2) is 0 Å². The number of H-pyrrole nitrogens is 1. The van der Waals surface area contributed by atoms with E-state index in [1.807, 2.05) is 0 Å². The summed E-state index contributed by atoms with van der Waals surface area (Å²) in [5, 5.41) is 10.1. The lowest BCUT2D eigenvalue weighted by molar-refractivity contribution is 0.165. The molecule has 0 aliphatic heterocycles. The fraction of sp³-hybridized carbons (Fsp3) is 0.714. The summed E-state index contributed by atoms with van der Waals surface area (Å²) in [7, 11) is 0. The van der Waals surface area contributed by atoms with Crippen LogP contribution in [0.4, 0.5) is 0 Å². The Morgan fingerprint density at radius 2 is 1.75 bits per heavy atom. The first-order valence-electron chi connectivity index (χ1n) is 7.10. The van der Waals surface area contributed by atoms with Crippen LogP contribution in [0.1, 0.15) is 40.2 Å². The van der Waals surface area contributed by atoms with E-state index >= 15 is 0 Å². The minimum absolute atomic E-state index is 0.214. The second-order valence-corrected chi connectivity index (χ2v) is 5.49. The molecule has 0 aliphatic carbocycles. The average Bonchev–Trinajstić information content (AvgIpc) is 2.32. The van der Waals surface area contributed by atoms with Crippen molar-refractivity contribution >= 4 is 0 Å². The van der Waals surface area contributed by atoms with Crippen LogP contribution in [-0.4, -0.2) is 38.2 Å². The maximum atomic E-state index is 11.8. The number of nitrogens with zero attached hydrogens (tertiary/aromatic N) is 2. The SMILES string of the molecule is CCc1c(O)n(CCN(C(C)C)C(C)C)c(=O)[nH]c1=O. The van der Waals surface area contributed by atoms with Gasteiger partial charge in [-0.3, -0.25) is 19.2 Å². The van der Waals surface area contributed by atoms with E-state index in [2.05, 4.69) is 37.6 Å². The molecule has 114 valence electrons. The summed E-state index contributed by atoms with van der Waals surface area (Å²) in [6.45, 7) is 11.1. The third-order valence-corrected chi connectivity index (χ3v) is 3.53. The van der Waals surface area contributed by atoms with Crippen molar-refractivity contribution in [1.82, 2.24) is 14.5 Å². The van der Waals surface area contributed by atoms with Crippen molar-refractivity contribution < 1.29 is 5.11 Å². The van der Waals surface area contributed by atoms with Crippen LogP contribution in [0.15, 0.2) is 9.59 Å². The molecule has 20 heavy (non-hydrogen) atoms. The van der Waals surface area contributed by atoms with Gasteiger partial charge in [-0.2, -0.15) is 0 Å². The van der Waals surface area contributed by atoms with Crippen molar-refractivity contribution in [2.24, 2.45) is 0 Å². The molecule has 0 amide bonds. The van der Waals surface area contributed by atoms with Crippen LogP contribution in [0.25, 0.3) is 0 Å². The van der Waals surface area contributed by atoms with E-state index in [1.165, 1.54) is 4.57 Å². The third-order valence-electron chi connectivity index (χ3n) is 3.53. The first-order valence-corrected chi connectivity index (χ1v) is 7.10. The third kappa shape index (κ3) is 3.50. The van der Waals surface area contributed by atoms with E-state index in [-0.39, 0.29) is 11.4 Å². The van der Waals surface area contributed by atoms with E-state index in [4.69, 9.17) is 0 Å². The summed E-state index contributed by atoms with van der Waals surface area (Å²) in [6, 6.07) is 0.697. The van der Waals surface area contributed by atoms with Gasteiger partial charge in [0.25, 0.3) is 5.56 Å². The highest BCUT2D eigenvalue weighted by Crippen LogP contribution is 2.11. The normalized spacial score (nSPS) is 11.8. The number of hydrogen-bond acceptors (Lipinski definition) is 4. The Balaban J connectivity index is 3.04. The van der Waals surface area contributed by atoms with Crippen molar-refractivity contribution in [3.05, 3.63) is 26.4 Å². The van der Waals surface area contributed by atoms with Crippen LogP contribution in [0.3, 0.4) is 0 Å². The summed E-state index contributed by atoms with van der Waals surface area (Å²) in [4.78, 5) is 27.8. The Bertz CT molecular complexity index is 550. The Hall–Kier alpha value is -1.56. The molecule has 0 spiro atoms. The van der Waals surface area contributed by atoms with Crippen LogP contribution < -0.4 is 11.2 Å². The topological polar surface area (TPSA) is 78.3 Å². The van der Waals surface area contributed by atoms with Gasteiger partial charge in [0.05, 0.1) is 5.56 Å². The lowest BCUT2D eigenvalue weighted by Gasteiger charge is -2.30. The Labute approximate surface area is 119 Å². The second-order valence-electron chi connectivity index (χ2n) is 5.49. The number of aromatic amines is 1. The van der Waals surface area contributed by atoms with E-state index in [9.17, 15) is 14.7 Å². The molecule has 0 unspecified atom stereocenters. The van der Waals surface area contributed by atoms with Gasteiger partial charge in [-0.05, 0) is 34.1 Å². The smallest absolute Gasteiger partial charge is 0.331 e. The van der Waals surface area contributed by atoms with Crippen LogP contribution in [-0.2, 0) is 13.0 Å². The quantitative estimate of drug-likeness (QED) is 0.814. The van der Waals surface area contributed by atoms with Gasteiger partial charge >= 0.3 is 5.69 Å².